The van der Waals surface area contributed by atoms with E-state index in [1.54, 1.807) is 11.3 Å². The van der Waals surface area contributed by atoms with Crippen molar-refractivity contribution in [3.05, 3.63) is 15.6 Å². The molecule has 1 amide bonds. The molecular formula is C15H24N2O2S. The largest absolute Gasteiger partial charge is 0.396 e. The Labute approximate surface area is 124 Å². The van der Waals surface area contributed by atoms with Gasteiger partial charge < -0.3 is 10.4 Å². The van der Waals surface area contributed by atoms with Gasteiger partial charge in [0.25, 0.3) is 5.91 Å². The van der Waals surface area contributed by atoms with Crippen LogP contribution in [-0.4, -0.2) is 28.6 Å². The molecule has 112 valence electrons. The highest BCUT2D eigenvalue weighted by molar-refractivity contribution is 7.13. The molecule has 1 aromatic heterocycles. The molecule has 0 aromatic carbocycles. The van der Waals surface area contributed by atoms with Crippen molar-refractivity contribution in [2.45, 2.75) is 64.3 Å². The molecule has 5 heteroatoms. The van der Waals surface area contributed by atoms with Crippen LogP contribution in [0.25, 0.3) is 0 Å². The maximum atomic E-state index is 12.3. The lowest BCUT2D eigenvalue weighted by Gasteiger charge is -2.12. The number of carbonyl (C=O) groups is 1. The van der Waals surface area contributed by atoms with Crippen LogP contribution in [0.4, 0.5) is 0 Å². The number of nitrogens with one attached hydrogen (secondary N) is 1. The van der Waals surface area contributed by atoms with E-state index in [0.29, 0.717) is 5.92 Å². The maximum absolute atomic E-state index is 12.3. The number of hydrogen-bond acceptors (Lipinski definition) is 4. The van der Waals surface area contributed by atoms with Gasteiger partial charge in [0, 0.05) is 18.6 Å². The summed E-state index contributed by atoms with van der Waals surface area (Å²) in [5, 5.41) is 12.9. The molecule has 1 unspecified atom stereocenters. The fourth-order valence-corrected chi connectivity index (χ4v) is 3.87. The van der Waals surface area contributed by atoms with E-state index >= 15 is 0 Å². The van der Waals surface area contributed by atoms with Gasteiger partial charge in [0.1, 0.15) is 4.88 Å². The van der Waals surface area contributed by atoms with E-state index in [9.17, 15) is 4.79 Å². The number of aliphatic hydroxyl groups excluding tert-OH is 1. The van der Waals surface area contributed by atoms with Gasteiger partial charge in [-0.1, -0.05) is 12.8 Å². The summed E-state index contributed by atoms with van der Waals surface area (Å²) in [6.07, 6.45) is 6.50. The first-order valence-corrected chi connectivity index (χ1v) is 8.32. The lowest BCUT2D eigenvalue weighted by atomic mass is 10.1. The van der Waals surface area contributed by atoms with Crippen LogP contribution >= 0.6 is 11.3 Å². The van der Waals surface area contributed by atoms with Crippen LogP contribution in [0.3, 0.4) is 0 Å². The van der Waals surface area contributed by atoms with E-state index in [2.05, 4.69) is 10.3 Å². The van der Waals surface area contributed by atoms with E-state index in [4.69, 9.17) is 5.11 Å². The minimum Gasteiger partial charge on any atom is -0.396 e. The van der Waals surface area contributed by atoms with Crippen molar-refractivity contribution < 1.29 is 9.90 Å². The Balaban J connectivity index is 1.98. The van der Waals surface area contributed by atoms with E-state index in [1.165, 1.54) is 25.7 Å². The number of nitrogens with zero attached hydrogens (tertiary/aromatic N) is 1. The van der Waals surface area contributed by atoms with Crippen LogP contribution in [0.5, 0.6) is 0 Å². The number of aliphatic hydroxyl groups is 1. The highest BCUT2D eigenvalue weighted by Gasteiger charge is 2.24. The molecule has 1 fully saturated rings. The SMILES string of the molecule is Cc1nc(C2CCCC2)sc1C(=O)NC(C)CCCO. The Morgan fingerprint density at radius 3 is 2.85 bits per heavy atom. The molecule has 0 radical (unpaired) electrons. The third-order valence-electron chi connectivity index (χ3n) is 3.90. The fraction of sp³-hybridized carbons (Fsp3) is 0.733. The zero-order chi connectivity index (χ0) is 14.5. The van der Waals surface area contributed by atoms with Crippen molar-refractivity contribution in [3.8, 4) is 0 Å². The molecule has 0 aliphatic heterocycles. The summed E-state index contributed by atoms with van der Waals surface area (Å²) in [6.45, 7) is 4.07. The number of aryl methyl sites for hydroxylation is 1. The Hall–Kier alpha value is -0.940. The maximum Gasteiger partial charge on any atom is 0.263 e. The number of amides is 1. The van der Waals surface area contributed by atoms with E-state index in [0.717, 1.165) is 28.4 Å². The van der Waals surface area contributed by atoms with Gasteiger partial charge in [-0.05, 0) is 39.5 Å². The number of carbonyl (C=O) groups excluding carboxylic acids is 1. The molecule has 1 heterocycles. The van der Waals surface area contributed by atoms with Crippen molar-refractivity contribution in [2.24, 2.45) is 0 Å². The molecular weight excluding hydrogens is 272 g/mol. The molecule has 2 N–H and O–H groups in total. The van der Waals surface area contributed by atoms with Crippen LogP contribution in [0.1, 0.15) is 71.7 Å². The third kappa shape index (κ3) is 3.79. The summed E-state index contributed by atoms with van der Waals surface area (Å²) in [4.78, 5) is 17.6. The van der Waals surface area contributed by atoms with Gasteiger partial charge >= 0.3 is 0 Å². The van der Waals surface area contributed by atoms with Crippen LogP contribution < -0.4 is 5.32 Å². The van der Waals surface area contributed by atoms with Crippen LogP contribution in [0.15, 0.2) is 0 Å². The highest BCUT2D eigenvalue weighted by Crippen LogP contribution is 2.37. The number of hydrogen-bond donors (Lipinski definition) is 2. The molecule has 1 saturated carbocycles. The van der Waals surface area contributed by atoms with Crippen LogP contribution in [0.2, 0.25) is 0 Å². The van der Waals surface area contributed by atoms with Crippen molar-refractivity contribution >= 4 is 17.2 Å². The Morgan fingerprint density at radius 2 is 2.20 bits per heavy atom. The predicted octanol–water partition coefficient (Wildman–Crippen LogP) is 3.00. The topological polar surface area (TPSA) is 62.2 Å². The number of rotatable bonds is 6. The van der Waals surface area contributed by atoms with E-state index in [-0.39, 0.29) is 18.6 Å². The average molecular weight is 296 g/mol. The molecule has 0 spiro atoms. The van der Waals surface area contributed by atoms with Crippen molar-refractivity contribution in [1.29, 1.82) is 0 Å². The number of aromatic nitrogens is 1. The minimum atomic E-state index is -0.0188. The molecule has 4 nitrogen and oxygen atoms in total. The van der Waals surface area contributed by atoms with Crippen molar-refractivity contribution in [1.82, 2.24) is 10.3 Å². The van der Waals surface area contributed by atoms with Crippen molar-refractivity contribution in [2.75, 3.05) is 6.61 Å². The second-order valence-electron chi connectivity index (χ2n) is 5.69. The van der Waals surface area contributed by atoms with Gasteiger partial charge in [-0.15, -0.1) is 11.3 Å². The Morgan fingerprint density at radius 1 is 1.50 bits per heavy atom. The lowest BCUT2D eigenvalue weighted by Crippen LogP contribution is -2.32. The molecule has 1 atom stereocenters. The zero-order valence-corrected chi connectivity index (χ0v) is 13.1. The summed E-state index contributed by atoms with van der Waals surface area (Å²) in [5.74, 6) is 0.543. The monoisotopic (exact) mass is 296 g/mol. The summed E-state index contributed by atoms with van der Waals surface area (Å²) in [5.41, 5.74) is 0.851. The zero-order valence-electron chi connectivity index (χ0n) is 12.3. The molecule has 0 saturated heterocycles. The summed E-state index contributed by atoms with van der Waals surface area (Å²) in [7, 11) is 0. The fourth-order valence-electron chi connectivity index (χ4n) is 2.73. The molecule has 1 aromatic rings. The first-order chi connectivity index (χ1) is 9.61. The minimum absolute atomic E-state index is 0.0188. The summed E-state index contributed by atoms with van der Waals surface area (Å²) >= 11 is 1.56. The molecule has 0 bridgehead atoms. The normalized spacial score (nSPS) is 17.4. The quantitative estimate of drug-likeness (QED) is 0.848. The molecule has 1 aliphatic carbocycles. The van der Waals surface area contributed by atoms with E-state index < -0.39 is 0 Å². The predicted molar refractivity (Wildman–Crippen MR) is 81.3 cm³/mol. The first-order valence-electron chi connectivity index (χ1n) is 7.51. The summed E-state index contributed by atoms with van der Waals surface area (Å²) in [6, 6.07) is 0.0890. The Bertz CT molecular complexity index is 453. The van der Waals surface area contributed by atoms with Gasteiger partial charge in [-0.2, -0.15) is 0 Å². The standard InChI is InChI=1S/C15H24N2O2S/c1-10(6-5-9-18)16-14(19)13-11(2)17-15(20-13)12-7-3-4-8-12/h10,12,18H,3-9H2,1-2H3,(H,16,19). The molecule has 20 heavy (non-hydrogen) atoms. The third-order valence-corrected chi connectivity index (χ3v) is 5.22. The average Bonchev–Trinajstić information content (AvgIpc) is 3.04. The van der Waals surface area contributed by atoms with E-state index in [1.807, 2.05) is 13.8 Å². The van der Waals surface area contributed by atoms with Gasteiger partial charge in [-0.3, -0.25) is 4.79 Å². The second-order valence-corrected chi connectivity index (χ2v) is 6.72. The smallest absolute Gasteiger partial charge is 0.263 e. The molecule has 2 rings (SSSR count). The molecule has 1 aliphatic rings. The van der Waals surface area contributed by atoms with Crippen LogP contribution in [-0.2, 0) is 0 Å². The summed E-state index contributed by atoms with van der Waals surface area (Å²) < 4.78 is 0. The van der Waals surface area contributed by atoms with Crippen LogP contribution in [0, 0.1) is 6.92 Å². The second kappa shape index (κ2) is 7.18. The Kier molecular flexibility index (Phi) is 5.54. The lowest BCUT2D eigenvalue weighted by molar-refractivity contribution is 0.0939. The van der Waals surface area contributed by atoms with Gasteiger partial charge in [0.15, 0.2) is 0 Å². The number of thiazole rings is 1. The first kappa shape index (κ1) is 15.4. The van der Waals surface area contributed by atoms with Gasteiger partial charge in [0.05, 0.1) is 10.7 Å². The van der Waals surface area contributed by atoms with Gasteiger partial charge in [-0.25, -0.2) is 4.98 Å². The highest BCUT2D eigenvalue weighted by atomic mass is 32.1. The van der Waals surface area contributed by atoms with Gasteiger partial charge in [0.2, 0.25) is 0 Å². The van der Waals surface area contributed by atoms with Crippen molar-refractivity contribution in [3.63, 3.8) is 0 Å².